The molecular weight excluding hydrogens is 386 g/mol. The standard InChI is InChI=1S/C13H16BrN5O5/c1-7(20)15-13-17-10-9(11(22)18-13)16-12(14)19(10)3-4-23-5-6-24-8(2)21/h3-6H2,1-2H3,(H2,15,17,18,20,22). The van der Waals surface area contributed by atoms with Crippen LogP contribution < -0.4 is 10.9 Å². The maximum Gasteiger partial charge on any atom is 0.302 e. The third kappa shape index (κ3) is 4.61. The number of aromatic amines is 1. The van der Waals surface area contributed by atoms with E-state index in [1.54, 1.807) is 4.57 Å². The van der Waals surface area contributed by atoms with Crippen LogP contribution in [0.5, 0.6) is 0 Å². The van der Waals surface area contributed by atoms with Gasteiger partial charge in [-0.2, -0.15) is 4.98 Å². The maximum absolute atomic E-state index is 12.0. The fourth-order valence-electron chi connectivity index (χ4n) is 1.91. The summed E-state index contributed by atoms with van der Waals surface area (Å²) in [5.74, 6) is -0.670. The Balaban J connectivity index is 2.10. The lowest BCUT2D eigenvalue weighted by Gasteiger charge is -2.07. The van der Waals surface area contributed by atoms with Crippen molar-refractivity contribution < 1.29 is 19.1 Å². The molecule has 0 atom stereocenters. The number of rotatable bonds is 7. The van der Waals surface area contributed by atoms with E-state index in [9.17, 15) is 14.4 Å². The van der Waals surface area contributed by atoms with E-state index in [1.807, 2.05) is 0 Å². The Hall–Kier alpha value is -2.27. The van der Waals surface area contributed by atoms with E-state index in [0.29, 0.717) is 23.5 Å². The predicted molar refractivity (Wildman–Crippen MR) is 87.6 cm³/mol. The van der Waals surface area contributed by atoms with Crippen molar-refractivity contribution in [3.05, 3.63) is 15.1 Å². The third-order valence-electron chi connectivity index (χ3n) is 2.85. The average Bonchev–Trinajstić information content (AvgIpc) is 2.79. The second-order valence-corrected chi connectivity index (χ2v) is 5.46. The van der Waals surface area contributed by atoms with Gasteiger partial charge >= 0.3 is 5.97 Å². The first-order valence-corrected chi connectivity index (χ1v) is 7.82. The molecule has 2 heterocycles. The topological polar surface area (TPSA) is 128 Å². The summed E-state index contributed by atoms with van der Waals surface area (Å²) in [7, 11) is 0. The van der Waals surface area contributed by atoms with Crippen molar-refractivity contribution in [1.29, 1.82) is 0 Å². The number of aromatic nitrogens is 4. The van der Waals surface area contributed by atoms with Crippen molar-refractivity contribution in [3.8, 4) is 0 Å². The first kappa shape index (κ1) is 18.1. The summed E-state index contributed by atoms with van der Waals surface area (Å²) >= 11 is 3.27. The molecule has 1 amide bonds. The smallest absolute Gasteiger partial charge is 0.302 e. The number of hydrogen-bond acceptors (Lipinski definition) is 7. The maximum atomic E-state index is 12.0. The summed E-state index contributed by atoms with van der Waals surface area (Å²) < 4.78 is 12.2. The lowest BCUT2D eigenvalue weighted by atomic mass is 10.5. The van der Waals surface area contributed by atoms with E-state index in [1.165, 1.54) is 13.8 Å². The van der Waals surface area contributed by atoms with Crippen LogP contribution in [0.2, 0.25) is 0 Å². The van der Waals surface area contributed by atoms with Crippen molar-refractivity contribution in [1.82, 2.24) is 19.5 Å². The van der Waals surface area contributed by atoms with E-state index in [2.05, 4.69) is 36.2 Å². The SMILES string of the molecule is CC(=O)Nc1nc2c(nc(Br)n2CCOCCOC(C)=O)c(=O)[nH]1. The monoisotopic (exact) mass is 401 g/mol. The summed E-state index contributed by atoms with van der Waals surface area (Å²) in [6, 6.07) is 0. The van der Waals surface area contributed by atoms with Crippen LogP contribution in [0, 0.1) is 0 Å². The fraction of sp³-hybridized carbons (Fsp3) is 0.462. The van der Waals surface area contributed by atoms with Gasteiger partial charge in [-0.15, -0.1) is 0 Å². The van der Waals surface area contributed by atoms with Crippen LogP contribution >= 0.6 is 15.9 Å². The lowest BCUT2D eigenvalue weighted by molar-refractivity contribution is -0.142. The Labute approximate surface area is 144 Å². The molecule has 2 aromatic heterocycles. The molecule has 130 valence electrons. The molecule has 0 saturated carbocycles. The number of H-pyrrole nitrogens is 1. The zero-order chi connectivity index (χ0) is 17.7. The largest absolute Gasteiger partial charge is 0.463 e. The molecule has 0 unspecified atom stereocenters. The Morgan fingerprint density at radius 2 is 2.00 bits per heavy atom. The van der Waals surface area contributed by atoms with Crippen LogP contribution in [-0.2, 0) is 25.6 Å². The number of anilines is 1. The number of amides is 1. The minimum Gasteiger partial charge on any atom is -0.463 e. The van der Waals surface area contributed by atoms with Crippen LogP contribution in [0.3, 0.4) is 0 Å². The number of fused-ring (bicyclic) bond motifs is 1. The minimum atomic E-state index is -0.459. The number of nitrogens with one attached hydrogen (secondary N) is 2. The van der Waals surface area contributed by atoms with Gasteiger partial charge in [-0.05, 0) is 15.9 Å². The molecule has 2 aromatic rings. The van der Waals surface area contributed by atoms with Gasteiger partial charge in [0.25, 0.3) is 5.56 Å². The summed E-state index contributed by atoms with van der Waals surface area (Å²) in [4.78, 5) is 44.5. The van der Waals surface area contributed by atoms with Crippen LogP contribution in [0.4, 0.5) is 5.95 Å². The first-order chi connectivity index (χ1) is 11.4. The highest BCUT2D eigenvalue weighted by molar-refractivity contribution is 9.10. The molecule has 24 heavy (non-hydrogen) atoms. The highest BCUT2D eigenvalue weighted by Crippen LogP contribution is 2.16. The number of hydrogen-bond donors (Lipinski definition) is 2. The van der Waals surface area contributed by atoms with Crippen molar-refractivity contribution in [3.63, 3.8) is 0 Å². The second-order valence-electron chi connectivity index (χ2n) is 4.75. The van der Waals surface area contributed by atoms with E-state index in [0.717, 1.165) is 0 Å². The van der Waals surface area contributed by atoms with Gasteiger partial charge in [-0.25, -0.2) is 4.98 Å². The number of carbonyl (C=O) groups excluding carboxylic acids is 2. The molecule has 0 radical (unpaired) electrons. The molecule has 2 N–H and O–H groups in total. The van der Waals surface area contributed by atoms with Crippen LogP contribution in [0.15, 0.2) is 9.53 Å². The Bertz CT molecular complexity index is 815. The number of imidazole rings is 1. The van der Waals surface area contributed by atoms with Crippen molar-refractivity contribution in [2.45, 2.75) is 20.4 Å². The van der Waals surface area contributed by atoms with E-state index in [-0.39, 0.29) is 36.6 Å². The summed E-state index contributed by atoms with van der Waals surface area (Å²) in [5, 5.41) is 2.43. The molecular formula is C13H16BrN5O5. The molecule has 0 spiro atoms. The van der Waals surface area contributed by atoms with Gasteiger partial charge in [0, 0.05) is 13.8 Å². The summed E-state index contributed by atoms with van der Waals surface area (Å²) in [6.45, 7) is 3.74. The van der Waals surface area contributed by atoms with Crippen molar-refractivity contribution in [2.75, 3.05) is 25.1 Å². The quantitative estimate of drug-likeness (QED) is 0.390. The van der Waals surface area contributed by atoms with E-state index < -0.39 is 5.56 Å². The fourth-order valence-corrected chi connectivity index (χ4v) is 2.43. The highest BCUT2D eigenvalue weighted by Gasteiger charge is 2.15. The number of carbonyl (C=O) groups is 2. The number of esters is 1. The van der Waals surface area contributed by atoms with E-state index >= 15 is 0 Å². The van der Waals surface area contributed by atoms with Gasteiger partial charge in [0.2, 0.25) is 11.9 Å². The van der Waals surface area contributed by atoms with Gasteiger partial charge < -0.3 is 14.0 Å². The normalized spacial score (nSPS) is 10.8. The van der Waals surface area contributed by atoms with Crippen LogP contribution in [-0.4, -0.2) is 51.2 Å². The number of nitrogens with zero attached hydrogens (tertiary/aromatic N) is 3. The van der Waals surface area contributed by atoms with Gasteiger partial charge in [-0.3, -0.25) is 24.7 Å². The Morgan fingerprint density at radius 3 is 2.67 bits per heavy atom. The Morgan fingerprint density at radius 1 is 1.25 bits per heavy atom. The van der Waals surface area contributed by atoms with Crippen molar-refractivity contribution >= 4 is 44.9 Å². The molecule has 11 heteroatoms. The lowest BCUT2D eigenvalue weighted by Crippen LogP contribution is -2.17. The predicted octanol–water partition coefficient (Wildman–Crippen LogP) is 0.420. The third-order valence-corrected chi connectivity index (χ3v) is 3.45. The summed E-state index contributed by atoms with van der Waals surface area (Å²) in [6.07, 6.45) is 0. The van der Waals surface area contributed by atoms with Gasteiger partial charge in [0.05, 0.1) is 19.8 Å². The highest BCUT2D eigenvalue weighted by atomic mass is 79.9. The van der Waals surface area contributed by atoms with Crippen molar-refractivity contribution in [2.24, 2.45) is 0 Å². The molecule has 0 aliphatic rings. The van der Waals surface area contributed by atoms with Crippen LogP contribution in [0.25, 0.3) is 11.2 Å². The molecule has 2 rings (SSSR count). The summed E-state index contributed by atoms with van der Waals surface area (Å²) in [5.41, 5.74) is 0.00725. The van der Waals surface area contributed by atoms with Gasteiger partial charge in [-0.1, -0.05) is 0 Å². The molecule has 0 aliphatic carbocycles. The number of halogens is 1. The molecule has 10 nitrogen and oxygen atoms in total. The zero-order valence-electron chi connectivity index (χ0n) is 13.1. The molecule has 0 aromatic carbocycles. The number of ether oxygens (including phenoxy) is 2. The Kier molecular flexibility index (Phi) is 6.04. The van der Waals surface area contributed by atoms with E-state index in [4.69, 9.17) is 9.47 Å². The molecule has 0 saturated heterocycles. The first-order valence-electron chi connectivity index (χ1n) is 7.03. The average molecular weight is 402 g/mol. The molecule has 0 aliphatic heterocycles. The van der Waals surface area contributed by atoms with Gasteiger partial charge in [0.1, 0.15) is 6.61 Å². The minimum absolute atomic E-state index is 0.0458. The molecule has 0 fully saturated rings. The molecule has 0 bridgehead atoms. The van der Waals surface area contributed by atoms with Crippen LogP contribution in [0.1, 0.15) is 13.8 Å². The second kappa shape index (κ2) is 8.02. The zero-order valence-corrected chi connectivity index (χ0v) is 14.7. The van der Waals surface area contributed by atoms with Gasteiger partial charge in [0.15, 0.2) is 15.9 Å².